The third-order valence-electron chi connectivity index (χ3n) is 2.95. The van der Waals surface area contributed by atoms with Crippen LogP contribution in [0.4, 0.5) is 0 Å². The van der Waals surface area contributed by atoms with Gasteiger partial charge < -0.3 is 5.73 Å². The zero-order valence-corrected chi connectivity index (χ0v) is 16.1. The van der Waals surface area contributed by atoms with Gasteiger partial charge in [-0.05, 0) is 39.2 Å². The first-order chi connectivity index (χ1) is 11.4. The number of nitrogens with two attached hydrogens (primary N) is 1. The molecule has 0 radical (unpaired) electrons. The summed E-state index contributed by atoms with van der Waals surface area (Å²) >= 11 is 4.65. The highest BCUT2D eigenvalue weighted by Gasteiger charge is 2.11. The van der Waals surface area contributed by atoms with Crippen LogP contribution in [-0.2, 0) is 15.6 Å². The van der Waals surface area contributed by atoms with E-state index in [1.807, 2.05) is 30.3 Å². The van der Waals surface area contributed by atoms with Crippen LogP contribution in [0.2, 0.25) is 0 Å². The van der Waals surface area contributed by atoms with E-state index < -0.39 is 9.84 Å². The number of halogens is 1. The summed E-state index contributed by atoms with van der Waals surface area (Å²) in [6.45, 7) is 0. The van der Waals surface area contributed by atoms with E-state index in [2.05, 4.69) is 26.1 Å². The molecule has 0 bridgehead atoms. The van der Waals surface area contributed by atoms with Gasteiger partial charge in [-0.3, -0.25) is 0 Å². The van der Waals surface area contributed by atoms with E-state index in [0.717, 1.165) is 23.1 Å². The molecule has 0 aliphatic heterocycles. The summed E-state index contributed by atoms with van der Waals surface area (Å²) < 4.78 is 23.6. The molecule has 0 aliphatic rings. The minimum atomic E-state index is -3.26. The Kier molecular flexibility index (Phi) is 6.59. The van der Waals surface area contributed by atoms with Crippen molar-refractivity contribution in [1.82, 2.24) is 0 Å². The Hall–Kier alpha value is -1.64. The number of hydrogen-bond acceptors (Lipinski definition) is 5. The Balaban J connectivity index is 1.99. The van der Waals surface area contributed by atoms with E-state index in [-0.39, 0.29) is 4.90 Å². The van der Waals surface area contributed by atoms with Crippen molar-refractivity contribution in [2.24, 2.45) is 15.9 Å². The maximum absolute atomic E-state index is 11.6. The van der Waals surface area contributed by atoms with Gasteiger partial charge in [-0.1, -0.05) is 48.2 Å². The van der Waals surface area contributed by atoms with E-state index in [9.17, 15) is 8.42 Å². The maximum Gasteiger partial charge on any atom is 0.180 e. The van der Waals surface area contributed by atoms with Gasteiger partial charge in [-0.15, -0.1) is 5.10 Å². The van der Waals surface area contributed by atoms with Gasteiger partial charge >= 0.3 is 0 Å². The summed E-state index contributed by atoms with van der Waals surface area (Å²) in [6, 6.07) is 14.8. The third-order valence-corrected chi connectivity index (χ3v) is 5.88. The Morgan fingerprint density at radius 2 is 1.96 bits per heavy atom. The Morgan fingerprint density at radius 1 is 1.25 bits per heavy atom. The fourth-order valence-corrected chi connectivity index (χ4v) is 4.43. The van der Waals surface area contributed by atoms with Gasteiger partial charge in [0.2, 0.25) is 0 Å². The lowest BCUT2D eigenvalue weighted by Crippen LogP contribution is -2.06. The van der Waals surface area contributed by atoms with Gasteiger partial charge in [0.05, 0.1) is 11.1 Å². The van der Waals surface area contributed by atoms with E-state index in [1.54, 1.807) is 12.1 Å². The lowest BCUT2D eigenvalue weighted by molar-refractivity contribution is 0.601. The van der Waals surface area contributed by atoms with Gasteiger partial charge in [0.1, 0.15) is 0 Å². The molecular formula is C16H16BrN3O2S2. The van der Waals surface area contributed by atoms with E-state index >= 15 is 0 Å². The van der Waals surface area contributed by atoms with Gasteiger partial charge in [0, 0.05) is 16.5 Å². The second kappa shape index (κ2) is 8.46. The predicted molar refractivity (Wildman–Crippen MR) is 104 cm³/mol. The van der Waals surface area contributed by atoms with E-state index in [4.69, 9.17) is 5.73 Å². The molecule has 2 aromatic carbocycles. The molecule has 0 aromatic heterocycles. The molecule has 0 aliphatic carbocycles. The van der Waals surface area contributed by atoms with Crippen molar-refractivity contribution in [1.29, 1.82) is 0 Å². The molecule has 2 aromatic rings. The molecule has 5 nitrogen and oxygen atoms in total. The summed E-state index contributed by atoms with van der Waals surface area (Å²) in [5.41, 5.74) is 7.69. The van der Waals surface area contributed by atoms with Gasteiger partial charge in [-0.25, -0.2) is 8.42 Å². The van der Waals surface area contributed by atoms with Crippen LogP contribution in [0.3, 0.4) is 0 Å². The molecule has 0 fully saturated rings. The summed E-state index contributed by atoms with van der Waals surface area (Å²) in [6.07, 6.45) is 2.68. The van der Waals surface area contributed by atoms with Crippen LogP contribution in [0, 0.1) is 0 Å². The largest absolute Gasteiger partial charge is 0.377 e. The first-order valence-corrected chi connectivity index (χ1v) is 10.6. The third kappa shape index (κ3) is 5.77. The first-order valence-electron chi connectivity index (χ1n) is 6.89. The van der Waals surface area contributed by atoms with Crippen molar-refractivity contribution in [3.63, 3.8) is 0 Å². The zero-order chi connectivity index (χ0) is 17.6. The lowest BCUT2D eigenvalue weighted by atomic mass is 10.2. The first kappa shape index (κ1) is 18.7. The average Bonchev–Trinajstić information content (AvgIpc) is 2.53. The lowest BCUT2D eigenvalue weighted by Gasteiger charge is -2.02. The van der Waals surface area contributed by atoms with Crippen molar-refractivity contribution >= 4 is 48.9 Å². The van der Waals surface area contributed by atoms with Crippen molar-refractivity contribution in [2.45, 2.75) is 10.6 Å². The number of sulfone groups is 1. The standard InChI is InChI=1S/C16H16BrN3O2S2/c1-24(21,22)15-8-7-13(9-14(15)17)10-19-20-16(18)23-11-12-5-3-2-4-6-12/h2-10H,11H2,1H3,(H2,18,20). The van der Waals surface area contributed by atoms with Crippen molar-refractivity contribution < 1.29 is 8.42 Å². The molecule has 0 heterocycles. The van der Waals surface area contributed by atoms with Gasteiger partial charge in [-0.2, -0.15) is 5.10 Å². The van der Waals surface area contributed by atoms with E-state index in [1.165, 1.54) is 24.0 Å². The molecule has 0 atom stereocenters. The molecule has 0 unspecified atom stereocenters. The smallest absolute Gasteiger partial charge is 0.180 e. The Morgan fingerprint density at radius 3 is 2.58 bits per heavy atom. The van der Waals surface area contributed by atoms with Crippen molar-refractivity contribution in [3.05, 3.63) is 64.1 Å². The minimum absolute atomic E-state index is 0.237. The number of nitrogens with zero attached hydrogens (tertiary/aromatic N) is 2. The highest BCUT2D eigenvalue weighted by atomic mass is 79.9. The van der Waals surface area contributed by atoms with Crippen LogP contribution < -0.4 is 5.73 Å². The monoisotopic (exact) mass is 425 g/mol. The molecule has 0 saturated carbocycles. The molecule has 0 amide bonds. The molecular weight excluding hydrogens is 410 g/mol. The highest BCUT2D eigenvalue weighted by Crippen LogP contribution is 2.22. The average molecular weight is 426 g/mol. The van der Waals surface area contributed by atoms with Gasteiger partial charge in [0.25, 0.3) is 0 Å². The zero-order valence-electron chi connectivity index (χ0n) is 12.9. The topological polar surface area (TPSA) is 84.9 Å². The summed E-state index contributed by atoms with van der Waals surface area (Å²) in [5.74, 6) is 0.723. The van der Waals surface area contributed by atoms with Crippen LogP contribution >= 0.6 is 27.7 Å². The van der Waals surface area contributed by atoms with Crippen LogP contribution in [0.15, 0.2) is 68.1 Å². The predicted octanol–water partition coefficient (Wildman–Crippen LogP) is 3.43. The number of amidine groups is 1. The van der Waals surface area contributed by atoms with Crippen LogP contribution in [0.5, 0.6) is 0 Å². The number of benzene rings is 2. The van der Waals surface area contributed by atoms with Crippen molar-refractivity contribution in [3.8, 4) is 0 Å². The fraction of sp³-hybridized carbons (Fsp3) is 0.125. The van der Waals surface area contributed by atoms with Crippen LogP contribution in [0.1, 0.15) is 11.1 Å². The molecule has 0 spiro atoms. The van der Waals surface area contributed by atoms with Crippen LogP contribution in [0.25, 0.3) is 0 Å². The molecule has 0 saturated heterocycles. The quantitative estimate of drug-likeness (QED) is 0.451. The SMILES string of the molecule is CS(=O)(=O)c1ccc(C=NN=C(N)SCc2ccccc2)cc1Br. The number of rotatable bonds is 5. The van der Waals surface area contributed by atoms with Gasteiger partial charge in [0.15, 0.2) is 15.0 Å². The Bertz CT molecular complexity index is 866. The van der Waals surface area contributed by atoms with Crippen LogP contribution in [-0.4, -0.2) is 26.1 Å². The Labute approximate surface area is 154 Å². The molecule has 24 heavy (non-hydrogen) atoms. The highest BCUT2D eigenvalue weighted by molar-refractivity contribution is 9.10. The summed E-state index contributed by atoms with van der Waals surface area (Å²) in [5, 5.41) is 8.23. The fourth-order valence-electron chi connectivity index (χ4n) is 1.81. The molecule has 8 heteroatoms. The minimum Gasteiger partial charge on any atom is -0.377 e. The molecule has 126 valence electrons. The maximum atomic E-state index is 11.6. The second-order valence-electron chi connectivity index (χ2n) is 4.92. The molecule has 2 rings (SSSR count). The number of thioether (sulfide) groups is 1. The van der Waals surface area contributed by atoms with Crippen molar-refractivity contribution in [2.75, 3.05) is 6.26 Å². The van der Waals surface area contributed by atoms with E-state index in [0.29, 0.717) is 9.64 Å². The summed E-state index contributed by atoms with van der Waals surface area (Å²) in [7, 11) is -3.26. The number of hydrogen-bond donors (Lipinski definition) is 1. The second-order valence-corrected chi connectivity index (χ2v) is 8.75. The normalized spacial score (nSPS) is 12.7. The molecule has 2 N–H and O–H groups in total. The summed E-state index contributed by atoms with van der Waals surface area (Å²) in [4.78, 5) is 0.237.